The van der Waals surface area contributed by atoms with Crippen molar-refractivity contribution in [1.29, 1.82) is 0 Å². The van der Waals surface area contributed by atoms with Crippen LogP contribution in [-0.4, -0.2) is 15.7 Å². The summed E-state index contributed by atoms with van der Waals surface area (Å²) in [4.78, 5) is 2.59. The van der Waals surface area contributed by atoms with E-state index in [2.05, 4.69) is 220 Å². The monoisotopic (exact) mass is 823 g/mol. The topological polar surface area (TPSA) is 25.7 Å². The number of furan rings is 1. The Hall–Kier alpha value is -8.54. The molecule has 0 spiro atoms. The average Bonchev–Trinajstić information content (AvgIpc) is 4.11. The molecule has 0 atom stereocenters. The van der Waals surface area contributed by atoms with Gasteiger partial charge in [0.2, 0.25) is 0 Å². The van der Waals surface area contributed by atoms with Gasteiger partial charge in [-0.25, -0.2) is 0 Å². The molecule has 0 unspecified atom stereocenters. The van der Waals surface area contributed by atoms with E-state index in [-0.39, 0.29) is 6.85 Å². The third kappa shape index (κ3) is 4.24. The van der Waals surface area contributed by atoms with E-state index in [0.29, 0.717) is 0 Å². The average molecular weight is 824 g/mol. The second-order valence-electron chi connectivity index (χ2n) is 17.9. The Balaban J connectivity index is 1.17. The highest BCUT2D eigenvalue weighted by molar-refractivity contribution is 6.92. The first-order valence-corrected chi connectivity index (χ1v) is 22.5. The zero-order valence-corrected chi connectivity index (χ0v) is 35.0. The van der Waals surface area contributed by atoms with Crippen molar-refractivity contribution in [2.24, 2.45) is 0 Å². The molecule has 0 N–H and O–H groups in total. The van der Waals surface area contributed by atoms with Gasteiger partial charge in [0.05, 0.1) is 16.6 Å². The second kappa shape index (κ2) is 12.1. The highest BCUT2D eigenvalue weighted by Gasteiger charge is 2.46. The summed E-state index contributed by atoms with van der Waals surface area (Å²) < 4.78 is 12.2. The molecular formula is C60H34BN3O. The van der Waals surface area contributed by atoms with E-state index < -0.39 is 0 Å². The lowest BCUT2D eigenvalue weighted by Gasteiger charge is -2.41. The summed E-state index contributed by atoms with van der Waals surface area (Å²) in [6, 6.07) is 76.3. The van der Waals surface area contributed by atoms with Crippen molar-refractivity contribution in [3.63, 3.8) is 0 Å². The standard InChI is InChI=1S/C60H34BN3O/c1-3-16-35(17-4-1)37-30-38(36-18-5-2-6-19-36)32-39(31-37)62-50-33-46-41-21-7-11-26-47(41)63-48-27-12-9-22-43(48)56(60(46)63)58(50)61-57-51(62)34-53-54(44-23-10-14-29-52(44)65-53)55(57)45-25-15-24-42-40-20-8-13-28-49(40)64(61)59(42)45/h1-34H. The summed E-state index contributed by atoms with van der Waals surface area (Å²) in [6.07, 6.45) is 0. The van der Waals surface area contributed by atoms with Crippen LogP contribution in [0, 0.1) is 0 Å². The van der Waals surface area contributed by atoms with Gasteiger partial charge in [0.25, 0.3) is 0 Å². The van der Waals surface area contributed by atoms with Gasteiger partial charge in [-0.3, -0.25) is 0 Å². The molecule has 6 heterocycles. The van der Waals surface area contributed by atoms with Gasteiger partial charge in [-0.1, -0.05) is 152 Å². The normalized spacial score (nSPS) is 13.2. The van der Waals surface area contributed by atoms with Crippen LogP contribution >= 0.6 is 0 Å². The lowest BCUT2D eigenvalue weighted by atomic mass is 9.44. The number of anilines is 3. The predicted molar refractivity (Wildman–Crippen MR) is 273 cm³/mol. The van der Waals surface area contributed by atoms with Crippen LogP contribution in [0.25, 0.3) is 115 Å². The number of aromatic nitrogens is 2. The summed E-state index contributed by atoms with van der Waals surface area (Å²) in [5, 5.41) is 9.94. The van der Waals surface area contributed by atoms with Gasteiger partial charge in [0, 0.05) is 82.8 Å². The Bertz CT molecular complexity index is 4310. The third-order valence-electron chi connectivity index (χ3n) is 14.8. The highest BCUT2D eigenvalue weighted by Crippen LogP contribution is 2.52. The first-order chi connectivity index (χ1) is 32.3. The summed E-state index contributed by atoms with van der Waals surface area (Å²) in [5.41, 5.74) is 21.3. The van der Waals surface area contributed by atoms with Crippen molar-refractivity contribution in [3.8, 4) is 33.4 Å². The Morgan fingerprint density at radius 3 is 1.69 bits per heavy atom. The molecule has 2 aliphatic heterocycles. The smallest absolute Gasteiger partial charge is 0.333 e. The molecule has 0 fully saturated rings. The number of hydrogen-bond acceptors (Lipinski definition) is 2. The van der Waals surface area contributed by atoms with Gasteiger partial charge < -0.3 is 18.2 Å². The second-order valence-corrected chi connectivity index (χ2v) is 17.9. The molecule has 65 heavy (non-hydrogen) atoms. The predicted octanol–water partition coefficient (Wildman–Crippen LogP) is 14.6. The van der Waals surface area contributed by atoms with Crippen LogP contribution in [0.4, 0.5) is 17.1 Å². The number of para-hydroxylation sites is 5. The maximum Gasteiger partial charge on any atom is 0.333 e. The van der Waals surface area contributed by atoms with Crippen LogP contribution in [0.1, 0.15) is 0 Å². The largest absolute Gasteiger partial charge is 0.456 e. The number of hydrogen-bond donors (Lipinski definition) is 0. The minimum absolute atomic E-state index is 0.162. The van der Waals surface area contributed by atoms with Crippen LogP contribution < -0.4 is 15.8 Å². The number of rotatable bonds is 3. The zero-order valence-electron chi connectivity index (χ0n) is 35.0. The Kier molecular flexibility index (Phi) is 6.35. The van der Waals surface area contributed by atoms with Crippen LogP contribution in [0.2, 0.25) is 0 Å². The molecule has 16 rings (SSSR count). The molecule has 0 saturated carbocycles. The molecule has 0 radical (unpaired) electrons. The molecule has 4 nitrogen and oxygen atoms in total. The maximum absolute atomic E-state index is 7.00. The maximum atomic E-state index is 7.00. The van der Waals surface area contributed by atoms with E-state index in [1.54, 1.807) is 0 Å². The summed E-state index contributed by atoms with van der Waals surface area (Å²) >= 11 is 0. The van der Waals surface area contributed by atoms with Gasteiger partial charge in [-0.15, -0.1) is 0 Å². The van der Waals surface area contributed by atoms with E-state index in [9.17, 15) is 0 Å². The fourth-order valence-corrected chi connectivity index (χ4v) is 12.3. The van der Waals surface area contributed by atoms with E-state index in [1.165, 1.54) is 115 Å². The molecule has 0 amide bonds. The van der Waals surface area contributed by atoms with Crippen molar-refractivity contribution >= 4 is 117 Å². The fourth-order valence-electron chi connectivity index (χ4n) is 12.3. The first kappa shape index (κ1) is 34.0. The zero-order chi connectivity index (χ0) is 42.1. The molecule has 5 heteroatoms. The Labute approximate surface area is 372 Å². The Morgan fingerprint density at radius 2 is 0.954 bits per heavy atom. The fraction of sp³-hybridized carbons (Fsp3) is 0. The summed E-state index contributed by atoms with van der Waals surface area (Å²) in [7, 11) is 0. The molecule has 2 aliphatic rings. The first-order valence-electron chi connectivity index (χ1n) is 22.5. The number of nitrogens with zero attached hydrogens (tertiary/aromatic N) is 3. The van der Waals surface area contributed by atoms with Crippen LogP contribution in [0.5, 0.6) is 0 Å². The molecule has 0 bridgehead atoms. The highest BCUT2D eigenvalue weighted by atomic mass is 16.3. The van der Waals surface area contributed by atoms with Gasteiger partial charge in [0.1, 0.15) is 11.2 Å². The summed E-state index contributed by atoms with van der Waals surface area (Å²) in [5.74, 6) is 0. The van der Waals surface area contributed by atoms with Crippen molar-refractivity contribution in [2.45, 2.75) is 0 Å². The van der Waals surface area contributed by atoms with Crippen molar-refractivity contribution in [3.05, 3.63) is 206 Å². The van der Waals surface area contributed by atoms with Crippen molar-refractivity contribution < 1.29 is 4.42 Å². The molecule has 0 aliphatic carbocycles. The van der Waals surface area contributed by atoms with Gasteiger partial charge in [-0.2, -0.15) is 0 Å². The van der Waals surface area contributed by atoms with Crippen LogP contribution in [-0.2, 0) is 0 Å². The molecular weight excluding hydrogens is 789 g/mol. The van der Waals surface area contributed by atoms with Crippen LogP contribution in [0.3, 0.4) is 0 Å². The van der Waals surface area contributed by atoms with Gasteiger partial charge >= 0.3 is 6.85 Å². The number of fused-ring (bicyclic) bond motifs is 18. The molecule has 4 aromatic heterocycles. The lowest BCUT2D eigenvalue weighted by Crippen LogP contribution is -2.57. The van der Waals surface area contributed by atoms with Crippen molar-refractivity contribution in [1.82, 2.24) is 8.88 Å². The lowest BCUT2D eigenvalue weighted by molar-refractivity contribution is 0.669. The third-order valence-corrected chi connectivity index (χ3v) is 14.8. The molecule has 298 valence electrons. The van der Waals surface area contributed by atoms with Crippen molar-refractivity contribution in [2.75, 3.05) is 4.90 Å². The summed E-state index contributed by atoms with van der Waals surface area (Å²) in [6.45, 7) is -0.162. The van der Waals surface area contributed by atoms with E-state index in [0.717, 1.165) is 27.9 Å². The van der Waals surface area contributed by atoms with E-state index in [4.69, 9.17) is 4.42 Å². The number of benzene rings is 10. The van der Waals surface area contributed by atoms with E-state index in [1.807, 2.05) is 0 Å². The molecule has 14 aromatic rings. The quantitative estimate of drug-likeness (QED) is 0.166. The van der Waals surface area contributed by atoms with Gasteiger partial charge in [0.15, 0.2) is 0 Å². The van der Waals surface area contributed by atoms with E-state index >= 15 is 0 Å². The van der Waals surface area contributed by atoms with Gasteiger partial charge in [-0.05, 0) is 87.3 Å². The SMILES string of the molecule is c1ccc(-c2cc(-c3ccccc3)cc(N3c4cc5oc6ccccc6c5c5c4B(c4c3cc3c6ccccc6n6c7ccccc7c4c36)n3c4ccccc4c4cccc-5c43)c2)cc1. The minimum atomic E-state index is -0.162. The molecule has 0 saturated heterocycles. The van der Waals surface area contributed by atoms with Crippen LogP contribution in [0.15, 0.2) is 211 Å². The molecule has 10 aromatic carbocycles. The Morgan fingerprint density at radius 1 is 0.369 bits per heavy atom. The minimum Gasteiger partial charge on any atom is -0.456 e.